The third-order valence-electron chi connectivity index (χ3n) is 4.87. The van der Waals surface area contributed by atoms with Gasteiger partial charge in [-0.2, -0.15) is 11.8 Å². The highest BCUT2D eigenvalue weighted by Crippen LogP contribution is 2.45. The molecule has 2 heterocycles. The molecule has 3 aliphatic rings. The number of nitrogens with one attached hydrogen (secondary N) is 1. The van der Waals surface area contributed by atoms with Crippen molar-refractivity contribution in [3.8, 4) is 0 Å². The van der Waals surface area contributed by atoms with Crippen molar-refractivity contribution in [1.29, 1.82) is 0 Å². The minimum atomic E-state index is 0.259. The summed E-state index contributed by atoms with van der Waals surface area (Å²) in [5.74, 6) is 4.40. The molecule has 0 aromatic carbocycles. The number of hydrogen-bond acceptors (Lipinski definition) is 3. The van der Waals surface area contributed by atoms with Gasteiger partial charge in [-0.15, -0.1) is 0 Å². The third kappa shape index (κ3) is 2.88. The molecular weight excluding hydrogens is 242 g/mol. The van der Waals surface area contributed by atoms with E-state index in [0.29, 0.717) is 0 Å². The molecule has 3 unspecified atom stereocenters. The Morgan fingerprint density at radius 1 is 1.33 bits per heavy atom. The van der Waals surface area contributed by atoms with Crippen molar-refractivity contribution in [2.45, 2.75) is 57.1 Å². The van der Waals surface area contributed by atoms with Gasteiger partial charge in [0.2, 0.25) is 0 Å². The fraction of sp³-hybridized carbons (Fsp3) is 1.00. The van der Waals surface area contributed by atoms with Crippen LogP contribution in [0.25, 0.3) is 0 Å². The zero-order valence-corrected chi connectivity index (χ0v) is 12.4. The van der Waals surface area contributed by atoms with E-state index in [1.807, 2.05) is 0 Å². The van der Waals surface area contributed by atoms with Crippen LogP contribution in [-0.4, -0.2) is 36.3 Å². The molecule has 1 N–H and O–H groups in total. The Balaban J connectivity index is 1.62. The Hall–Kier alpha value is 0.270. The lowest BCUT2D eigenvalue weighted by Gasteiger charge is -2.41. The van der Waals surface area contributed by atoms with Crippen molar-refractivity contribution in [2.75, 3.05) is 24.7 Å². The largest absolute Gasteiger partial charge is 0.374 e. The molecule has 0 bridgehead atoms. The molecule has 18 heavy (non-hydrogen) atoms. The second-order valence-corrected chi connectivity index (χ2v) is 7.51. The van der Waals surface area contributed by atoms with Crippen molar-refractivity contribution in [1.82, 2.24) is 5.32 Å². The fourth-order valence-electron chi connectivity index (χ4n) is 3.72. The van der Waals surface area contributed by atoms with Crippen LogP contribution in [0.15, 0.2) is 0 Å². The summed E-state index contributed by atoms with van der Waals surface area (Å²) in [6.07, 6.45) is 8.07. The number of rotatable bonds is 5. The predicted molar refractivity (Wildman–Crippen MR) is 78.2 cm³/mol. The first-order valence-corrected chi connectivity index (χ1v) is 8.93. The van der Waals surface area contributed by atoms with Crippen LogP contribution in [0.1, 0.15) is 45.4 Å². The first kappa shape index (κ1) is 13.3. The Kier molecular flexibility index (Phi) is 4.21. The summed E-state index contributed by atoms with van der Waals surface area (Å²) >= 11 is 2.09. The Morgan fingerprint density at radius 3 is 2.89 bits per heavy atom. The standard InChI is InChI=1S/C15H27NOS/c1-2-7-16-14(12-3-4-12)13-5-8-17-15(10-13)6-9-18-11-15/h12-14,16H,2-11H2,1H3. The fourth-order valence-corrected chi connectivity index (χ4v) is 5.10. The van der Waals surface area contributed by atoms with Gasteiger partial charge in [-0.1, -0.05) is 6.92 Å². The number of ether oxygens (including phenoxy) is 1. The Bertz CT molecular complexity index is 274. The van der Waals surface area contributed by atoms with E-state index in [2.05, 4.69) is 24.0 Å². The van der Waals surface area contributed by atoms with Gasteiger partial charge in [0.15, 0.2) is 0 Å². The van der Waals surface area contributed by atoms with Crippen molar-refractivity contribution in [2.24, 2.45) is 11.8 Å². The molecule has 0 radical (unpaired) electrons. The van der Waals surface area contributed by atoms with E-state index in [4.69, 9.17) is 4.74 Å². The van der Waals surface area contributed by atoms with E-state index >= 15 is 0 Å². The van der Waals surface area contributed by atoms with Gasteiger partial charge in [0, 0.05) is 18.4 Å². The minimum Gasteiger partial charge on any atom is -0.374 e. The summed E-state index contributed by atoms with van der Waals surface area (Å²) in [6.45, 7) is 4.47. The normalized spacial score (nSPS) is 38.2. The topological polar surface area (TPSA) is 21.3 Å². The second-order valence-electron chi connectivity index (χ2n) is 6.40. The van der Waals surface area contributed by atoms with Crippen LogP contribution in [0.2, 0.25) is 0 Å². The van der Waals surface area contributed by atoms with Crippen molar-refractivity contribution in [3.05, 3.63) is 0 Å². The molecule has 0 amide bonds. The van der Waals surface area contributed by atoms with E-state index < -0.39 is 0 Å². The Labute approximate surface area is 116 Å². The molecule has 1 aliphatic carbocycles. The van der Waals surface area contributed by atoms with Gasteiger partial charge in [0.25, 0.3) is 0 Å². The number of hydrogen-bond donors (Lipinski definition) is 1. The highest BCUT2D eigenvalue weighted by molar-refractivity contribution is 7.99. The monoisotopic (exact) mass is 269 g/mol. The van der Waals surface area contributed by atoms with Crippen LogP contribution < -0.4 is 5.32 Å². The first-order valence-electron chi connectivity index (χ1n) is 7.78. The van der Waals surface area contributed by atoms with Crippen LogP contribution in [0.5, 0.6) is 0 Å². The summed E-state index contributed by atoms with van der Waals surface area (Å²) in [4.78, 5) is 0. The van der Waals surface area contributed by atoms with Gasteiger partial charge in [0.05, 0.1) is 5.60 Å². The molecule has 3 heteroatoms. The molecule has 2 nitrogen and oxygen atoms in total. The number of thioether (sulfide) groups is 1. The maximum Gasteiger partial charge on any atom is 0.0783 e. The second kappa shape index (κ2) is 5.72. The van der Waals surface area contributed by atoms with E-state index in [0.717, 1.165) is 24.5 Å². The van der Waals surface area contributed by atoms with Crippen LogP contribution in [0, 0.1) is 11.8 Å². The maximum absolute atomic E-state index is 6.16. The van der Waals surface area contributed by atoms with Gasteiger partial charge in [-0.05, 0) is 62.7 Å². The van der Waals surface area contributed by atoms with E-state index in [1.165, 1.54) is 56.6 Å². The van der Waals surface area contributed by atoms with Crippen LogP contribution in [0.3, 0.4) is 0 Å². The van der Waals surface area contributed by atoms with E-state index in [1.54, 1.807) is 0 Å². The molecule has 0 aromatic rings. The van der Waals surface area contributed by atoms with Crippen molar-refractivity contribution in [3.63, 3.8) is 0 Å². The van der Waals surface area contributed by atoms with Gasteiger partial charge in [-0.3, -0.25) is 0 Å². The predicted octanol–water partition coefficient (Wildman–Crippen LogP) is 3.07. The highest BCUT2D eigenvalue weighted by atomic mass is 32.2. The summed E-state index contributed by atoms with van der Waals surface area (Å²) < 4.78 is 6.16. The summed E-state index contributed by atoms with van der Waals surface area (Å²) in [7, 11) is 0. The van der Waals surface area contributed by atoms with Crippen molar-refractivity contribution < 1.29 is 4.74 Å². The summed E-state index contributed by atoms with van der Waals surface area (Å²) in [5.41, 5.74) is 0.259. The SMILES string of the molecule is CCCNC(C1CC1)C1CCOC2(CCSC2)C1. The lowest BCUT2D eigenvalue weighted by Crippen LogP contribution is -2.48. The molecule has 3 atom stereocenters. The molecule has 104 valence electrons. The maximum atomic E-state index is 6.16. The Morgan fingerprint density at radius 2 is 2.22 bits per heavy atom. The van der Waals surface area contributed by atoms with Gasteiger partial charge >= 0.3 is 0 Å². The van der Waals surface area contributed by atoms with Crippen molar-refractivity contribution >= 4 is 11.8 Å². The highest BCUT2D eigenvalue weighted by Gasteiger charge is 2.45. The van der Waals surface area contributed by atoms with Crippen LogP contribution in [0.4, 0.5) is 0 Å². The molecule has 0 aromatic heterocycles. The minimum absolute atomic E-state index is 0.259. The quantitative estimate of drug-likeness (QED) is 0.829. The average Bonchev–Trinajstić information content (AvgIpc) is 3.13. The van der Waals surface area contributed by atoms with Crippen LogP contribution >= 0.6 is 11.8 Å². The van der Waals surface area contributed by atoms with E-state index in [-0.39, 0.29) is 5.60 Å². The van der Waals surface area contributed by atoms with Crippen LogP contribution in [-0.2, 0) is 4.74 Å². The zero-order chi connectivity index (χ0) is 12.4. The van der Waals surface area contributed by atoms with Gasteiger partial charge in [-0.25, -0.2) is 0 Å². The molecule has 2 aliphatic heterocycles. The summed E-state index contributed by atoms with van der Waals surface area (Å²) in [5, 5.41) is 3.85. The zero-order valence-electron chi connectivity index (χ0n) is 11.6. The summed E-state index contributed by atoms with van der Waals surface area (Å²) in [6, 6.07) is 0.788. The molecule has 1 spiro atoms. The molecular formula is C15H27NOS. The molecule has 1 saturated carbocycles. The molecule has 2 saturated heterocycles. The smallest absolute Gasteiger partial charge is 0.0783 e. The lowest BCUT2D eigenvalue weighted by molar-refractivity contribution is -0.0862. The first-order chi connectivity index (χ1) is 8.83. The molecule has 3 fully saturated rings. The average molecular weight is 269 g/mol. The van der Waals surface area contributed by atoms with Gasteiger partial charge in [0.1, 0.15) is 0 Å². The lowest BCUT2D eigenvalue weighted by atomic mass is 9.79. The van der Waals surface area contributed by atoms with Gasteiger partial charge < -0.3 is 10.1 Å². The third-order valence-corrected chi connectivity index (χ3v) is 6.09. The van der Waals surface area contributed by atoms with E-state index in [9.17, 15) is 0 Å². The molecule has 3 rings (SSSR count).